The highest BCUT2D eigenvalue weighted by atomic mass is 16.7. The fourth-order valence-corrected chi connectivity index (χ4v) is 9.54. The van der Waals surface area contributed by atoms with E-state index in [9.17, 15) is 19.2 Å². The van der Waals surface area contributed by atoms with E-state index >= 15 is 0 Å². The molecule has 0 bridgehead atoms. The van der Waals surface area contributed by atoms with Gasteiger partial charge in [0.2, 0.25) is 5.91 Å². The van der Waals surface area contributed by atoms with Crippen LogP contribution in [0.5, 0.6) is 0 Å². The van der Waals surface area contributed by atoms with Crippen molar-refractivity contribution < 1.29 is 71.3 Å². The molecule has 5 aliphatic rings. The predicted octanol–water partition coefficient (Wildman–Crippen LogP) is 6.44. The molecular weight excluding hydrogens is 831 g/mol. The third-order valence-corrected chi connectivity index (χ3v) is 13.0. The minimum absolute atomic E-state index is 0.0193. The summed E-state index contributed by atoms with van der Waals surface area (Å²) >= 11 is 0. The van der Waals surface area contributed by atoms with Crippen LogP contribution in [0.1, 0.15) is 156 Å². The molecule has 1 heterocycles. The summed E-state index contributed by atoms with van der Waals surface area (Å²) in [4.78, 5) is 49.5. The molecule has 4 saturated carbocycles. The van der Waals surface area contributed by atoms with Gasteiger partial charge in [-0.1, -0.05) is 77.0 Å². The number of carbonyl (C=O) groups is 4. The quantitative estimate of drug-likeness (QED) is 0.0739. The zero-order valence-electron chi connectivity index (χ0n) is 39.4. The molecule has 0 radical (unpaired) electrons. The summed E-state index contributed by atoms with van der Waals surface area (Å²) in [5, 5.41) is 2.80. The summed E-state index contributed by atoms with van der Waals surface area (Å²) in [6.45, 7) is 6.68. The van der Waals surface area contributed by atoms with Crippen LogP contribution in [-0.2, 0) is 71.3 Å². The van der Waals surface area contributed by atoms with Crippen LogP contribution in [0.25, 0.3) is 0 Å². The van der Waals surface area contributed by atoms with Crippen LogP contribution < -0.4 is 5.32 Å². The molecule has 16 heteroatoms. The summed E-state index contributed by atoms with van der Waals surface area (Å²) in [5.41, 5.74) is 0. The monoisotopic (exact) mass is 912 g/mol. The molecule has 4 aliphatic carbocycles. The van der Waals surface area contributed by atoms with Gasteiger partial charge in [-0.25, -0.2) is 0 Å². The number of amides is 1. The Balaban J connectivity index is 1.35. The smallest absolute Gasteiger partial charge is 0.303 e. The fourth-order valence-electron chi connectivity index (χ4n) is 9.54. The van der Waals surface area contributed by atoms with Crippen molar-refractivity contribution >= 4 is 23.8 Å². The van der Waals surface area contributed by atoms with E-state index in [4.69, 9.17) is 52.1 Å². The minimum atomic E-state index is -1.24. The van der Waals surface area contributed by atoms with E-state index in [-0.39, 0.29) is 69.0 Å². The Morgan fingerprint density at radius 3 is 1.23 bits per heavy atom. The molecule has 5 fully saturated rings. The van der Waals surface area contributed by atoms with Gasteiger partial charge in [-0.05, 0) is 51.4 Å². The molecule has 0 unspecified atom stereocenters. The van der Waals surface area contributed by atoms with Crippen molar-refractivity contribution in [3.8, 4) is 0 Å². The summed E-state index contributed by atoms with van der Waals surface area (Å²) < 4.78 is 68.8. The molecule has 0 aromatic rings. The maximum atomic E-state index is 12.7. The molecular formula is C48H81NO15. The average molecular weight is 912 g/mol. The number of ether oxygens (including phenoxy) is 11. The Morgan fingerprint density at radius 1 is 0.484 bits per heavy atom. The summed E-state index contributed by atoms with van der Waals surface area (Å²) in [7, 11) is 0. The topological polar surface area (TPSA) is 182 Å². The number of rotatable bonds is 26. The summed E-state index contributed by atoms with van der Waals surface area (Å²) in [5.74, 6) is -2.80. The highest BCUT2D eigenvalue weighted by Crippen LogP contribution is 2.30. The first-order valence-electron chi connectivity index (χ1n) is 24.7. The van der Waals surface area contributed by atoms with Gasteiger partial charge in [-0.3, -0.25) is 19.2 Å². The lowest BCUT2D eigenvalue weighted by Crippen LogP contribution is -2.66. The van der Waals surface area contributed by atoms with Gasteiger partial charge in [0.25, 0.3) is 0 Å². The van der Waals surface area contributed by atoms with E-state index in [2.05, 4.69) is 5.32 Å². The number of esters is 3. The number of hydrogen-bond donors (Lipinski definition) is 1. The SMILES string of the molecule is CC(=O)N[C@H]1[C@H](OCC(COC(COC2CCCCC2)COC2CCCCC2)COC(COC2CCCCC2)COC2CCCCC2)O[C@H](COC(C)=O)[C@@H](OC(C)=O)[C@@H]1OC(C)=O. The van der Waals surface area contributed by atoms with E-state index < -0.39 is 54.5 Å². The van der Waals surface area contributed by atoms with Crippen molar-refractivity contribution in [3.63, 3.8) is 0 Å². The van der Waals surface area contributed by atoms with Crippen LogP contribution >= 0.6 is 0 Å². The Labute approximate surface area is 381 Å². The van der Waals surface area contributed by atoms with Gasteiger partial charge >= 0.3 is 17.9 Å². The molecule has 0 spiro atoms. The van der Waals surface area contributed by atoms with Crippen LogP contribution in [-0.4, -0.2) is 144 Å². The van der Waals surface area contributed by atoms with Crippen molar-refractivity contribution in [2.24, 2.45) is 5.92 Å². The van der Waals surface area contributed by atoms with Gasteiger partial charge in [0.1, 0.15) is 31.0 Å². The zero-order chi connectivity index (χ0) is 45.5. The number of nitrogens with one attached hydrogen (secondary N) is 1. The third kappa shape index (κ3) is 19.8. The molecule has 64 heavy (non-hydrogen) atoms. The van der Waals surface area contributed by atoms with Crippen molar-refractivity contribution in [3.05, 3.63) is 0 Å². The van der Waals surface area contributed by atoms with Gasteiger partial charge in [0.15, 0.2) is 18.5 Å². The maximum Gasteiger partial charge on any atom is 0.303 e. The van der Waals surface area contributed by atoms with Gasteiger partial charge in [0, 0.05) is 33.6 Å². The third-order valence-electron chi connectivity index (χ3n) is 13.0. The highest BCUT2D eigenvalue weighted by molar-refractivity contribution is 5.73. The molecule has 5 rings (SSSR count). The molecule has 368 valence electrons. The molecule has 16 nitrogen and oxygen atoms in total. The maximum absolute atomic E-state index is 12.7. The molecule has 1 saturated heterocycles. The highest BCUT2D eigenvalue weighted by Gasteiger charge is 2.51. The van der Waals surface area contributed by atoms with E-state index in [1.54, 1.807) is 0 Å². The number of carbonyl (C=O) groups excluding carboxylic acids is 4. The second kappa shape index (κ2) is 29.3. The lowest BCUT2D eigenvalue weighted by Gasteiger charge is -2.45. The van der Waals surface area contributed by atoms with Crippen LogP contribution in [0.2, 0.25) is 0 Å². The molecule has 5 atom stereocenters. The van der Waals surface area contributed by atoms with Crippen molar-refractivity contribution in [1.29, 1.82) is 0 Å². The normalized spacial score (nSPS) is 25.7. The second-order valence-corrected chi connectivity index (χ2v) is 18.7. The van der Waals surface area contributed by atoms with Gasteiger partial charge in [-0.2, -0.15) is 0 Å². The van der Waals surface area contributed by atoms with Crippen LogP contribution in [0.3, 0.4) is 0 Å². The van der Waals surface area contributed by atoms with Gasteiger partial charge < -0.3 is 57.4 Å². The molecule has 1 aliphatic heterocycles. The van der Waals surface area contributed by atoms with Gasteiger partial charge in [0.05, 0.1) is 70.7 Å². The van der Waals surface area contributed by atoms with E-state index in [0.717, 1.165) is 103 Å². The lowest BCUT2D eigenvalue weighted by molar-refractivity contribution is -0.281. The van der Waals surface area contributed by atoms with Crippen LogP contribution in [0, 0.1) is 5.92 Å². The zero-order valence-corrected chi connectivity index (χ0v) is 39.4. The summed E-state index contributed by atoms with van der Waals surface area (Å²) in [6, 6.07) is -1.11. The minimum Gasteiger partial charge on any atom is -0.463 e. The Kier molecular flexibility index (Phi) is 24.1. The number of hydrogen-bond acceptors (Lipinski definition) is 15. The van der Waals surface area contributed by atoms with Crippen LogP contribution in [0.15, 0.2) is 0 Å². The predicted molar refractivity (Wildman–Crippen MR) is 234 cm³/mol. The van der Waals surface area contributed by atoms with Crippen molar-refractivity contribution in [2.75, 3.05) is 52.9 Å². The largest absolute Gasteiger partial charge is 0.463 e. The molecule has 1 amide bonds. The van der Waals surface area contributed by atoms with E-state index in [1.165, 1.54) is 53.4 Å². The van der Waals surface area contributed by atoms with Crippen molar-refractivity contribution in [2.45, 2.75) is 223 Å². The van der Waals surface area contributed by atoms with E-state index in [1.807, 2.05) is 0 Å². The van der Waals surface area contributed by atoms with E-state index in [0.29, 0.717) is 26.4 Å². The summed E-state index contributed by atoms with van der Waals surface area (Å²) in [6.07, 6.45) is 17.8. The standard InChI is InChI=1S/C48H81NO15/c1-33(50)49-45-47(63-36(4)53)46(62-35(3)52)44(32-54-34(2)51)64-48(45)61-27-37(25-55-42(28-57-38-17-9-5-10-18-38)29-58-39-19-11-6-12-20-39)26-56-43(30-59-40-21-13-7-14-22-40)31-60-41-23-15-8-16-24-41/h37-48H,5-32H2,1-4H3,(H,49,50)/t44-,45-,46-,47-,48-/m1/s1. The fraction of sp³-hybridized carbons (Fsp3) is 0.917. The second-order valence-electron chi connectivity index (χ2n) is 18.7. The Morgan fingerprint density at radius 2 is 0.875 bits per heavy atom. The lowest BCUT2D eigenvalue weighted by atomic mass is 9.96. The molecule has 1 N–H and O–H groups in total. The molecule has 0 aromatic carbocycles. The van der Waals surface area contributed by atoms with Crippen molar-refractivity contribution in [1.82, 2.24) is 5.32 Å². The first-order chi connectivity index (χ1) is 31.0. The first kappa shape index (κ1) is 52.5. The molecule has 0 aromatic heterocycles. The van der Waals surface area contributed by atoms with Gasteiger partial charge in [-0.15, -0.1) is 0 Å². The Bertz CT molecular complexity index is 1250. The van der Waals surface area contributed by atoms with Crippen LogP contribution in [0.4, 0.5) is 0 Å². The Hall–Kier alpha value is -2.44. The average Bonchev–Trinajstić information content (AvgIpc) is 3.29. The first-order valence-corrected chi connectivity index (χ1v) is 24.7.